The van der Waals surface area contributed by atoms with Crippen LogP contribution in [0.1, 0.15) is 36.1 Å². The Labute approximate surface area is 169 Å². The molecule has 1 atom stereocenters. The summed E-state index contributed by atoms with van der Waals surface area (Å²) in [5, 5.41) is 12.6. The Kier molecular flexibility index (Phi) is 6.08. The first kappa shape index (κ1) is 20.7. The van der Waals surface area contributed by atoms with E-state index in [0.717, 1.165) is 22.3 Å². The molecule has 7 heteroatoms. The molecule has 1 aliphatic carbocycles. The molecule has 3 rings (SSSR count). The van der Waals surface area contributed by atoms with Gasteiger partial charge in [-0.3, -0.25) is 9.59 Å². The summed E-state index contributed by atoms with van der Waals surface area (Å²) >= 11 is 0. The van der Waals surface area contributed by atoms with E-state index in [0.29, 0.717) is 30.1 Å². The molecule has 7 nitrogen and oxygen atoms in total. The molecule has 1 amide bonds. The maximum Gasteiger partial charge on any atom is 0.217 e. The first-order chi connectivity index (χ1) is 13.9. The highest BCUT2D eigenvalue weighted by Gasteiger charge is 2.29. The molecule has 1 aliphatic rings. The van der Waals surface area contributed by atoms with E-state index in [1.165, 1.54) is 20.1 Å². The summed E-state index contributed by atoms with van der Waals surface area (Å²) in [5.74, 6) is 1.32. The van der Waals surface area contributed by atoms with Gasteiger partial charge in [-0.1, -0.05) is 0 Å². The number of aryl methyl sites for hydroxylation is 1. The van der Waals surface area contributed by atoms with Gasteiger partial charge in [-0.15, -0.1) is 0 Å². The fourth-order valence-electron chi connectivity index (χ4n) is 3.89. The molecular weight excluding hydrogens is 374 g/mol. The Bertz CT molecular complexity index is 1000. The second-order valence-electron chi connectivity index (χ2n) is 6.87. The number of benzene rings is 1. The minimum absolute atomic E-state index is 0.173. The van der Waals surface area contributed by atoms with Crippen LogP contribution in [0.15, 0.2) is 29.1 Å². The molecule has 2 aromatic rings. The van der Waals surface area contributed by atoms with Gasteiger partial charge in [0.25, 0.3) is 0 Å². The summed E-state index contributed by atoms with van der Waals surface area (Å²) in [6, 6.07) is 6.39. The molecule has 0 spiro atoms. The molecule has 0 fully saturated rings. The molecule has 2 N–H and O–H groups in total. The number of hydrogen-bond acceptors (Lipinski definition) is 6. The van der Waals surface area contributed by atoms with Gasteiger partial charge in [0.1, 0.15) is 0 Å². The van der Waals surface area contributed by atoms with Crippen LogP contribution in [0.5, 0.6) is 17.2 Å². The molecule has 0 bridgehead atoms. The lowest BCUT2D eigenvalue weighted by molar-refractivity contribution is -0.119. The summed E-state index contributed by atoms with van der Waals surface area (Å²) in [7, 11) is 4.65. The van der Waals surface area contributed by atoms with Crippen LogP contribution in [0.4, 0.5) is 0 Å². The Morgan fingerprint density at radius 2 is 1.86 bits per heavy atom. The van der Waals surface area contributed by atoms with Crippen molar-refractivity contribution >= 4 is 5.91 Å². The number of aliphatic hydroxyl groups is 1. The van der Waals surface area contributed by atoms with Crippen molar-refractivity contribution in [1.29, 1.82) is 0 Å². The van der Waals surface area contributed by atoms with E-state index in [-0.39, 0.29) is 29.5 Å². The highest BCUT2D eigenvalue weighted by molar-refractivity contribution is 5.83. The van der Waals surface area contributed by atoms with Gasteiger partial charge in [0.15, 0.2) is 16.9 Å². The zero-order valence-electron chi connectivity index (χ0n) is 17.0. The first-order valence-corrected chi connectivity index (χ1v) is 9.32. The summed E-state index contributed by atoms with van der Waals surface area (Å²) in [6.07, 6.45) is 1.26. The number of carbonyl (C=O) groups excluding carboxylic acids is 1. The second kappa shape index (κ2) is 8.53. The minimum atomic E-state index is -0.386. The van der Waals surface area contributed by atoms with E-state index in [4.69, 9.17) is 14.2 Å². The number of fused-ring (bicyclic) bond motifs is 3. The molecule has 0 saturated heterocycles. The average molecular weight is 399 g/mol. The molecule has 0 radical (unpaired) electrons. The molecule has 2 aromatic carbocycles. The number of rotatable bonds is 5. The van der Waals surface area contributed by atoms with Gasteiger partial charge < -0.3 is 24.6 Å². The van der Waals surface area contributed by atoms with Crippen molar-refractivity contribution in [3.05, 3.63) is 51.2 Å². The van der Waals surface area contributed by atoms with Crippen LogP contribution in [0.25, 0.3) is 11.1 Å². The molecule has 0 saturated carbocycles. The second-order valence-corrected chi connectivity index (χ2v) is 6.87. The van der Waals surface area contributed by atoms with Crippen molar-refractivity contribution in [2.24, 2.45) is 0 Å². The third-order valence-electron chi connectivity index (χ3n) is 5.17. The number of methoxy groups -OCH3 is 3. The first-order valence-electron chi connectivity index (χ1n) is 9.32. The van der Waals surface area contributed by atoms with Crippen LogP contribution in [-0.2, 0) is 17.8 Å². The van der Waals surface area contributed by atoms with Crippen LogP contribution in [0, 0.1) is 0 Å². The number of amides is 1. The Morgan fingerprint density at radius 1 is 1.14 bits per heavy atom. The van der Waals surface area contributed by atoms with Crippen molar-refractivity contribution in [3.63, 3.8) is 0 Å². The number of carbonyl (C=O) groups is 1. The van der Waals surface area contributed by atoms with Gasteiger partial charge >= 0.3 is 0 Å². The lowest BCUT2D eigenvalue weighted by Crippen LogP contribution is -2.26. The fraction of sp³-hybridized carbons (Fsp3) is 0.364. The van der Waals surface area contributed by atoms with E-state index in [9.17, 15) is 14.7 Å². The van der Waals surface area contributed by atoms with Gasteiger partial charge in [-0.25, -0.2) is 0 Å². The van der Waals surface area contributed by atoms with E-state index >= 15 is 0 Å². The summed E-state index contributed by atoms with van der Waals surface area (Å²) in [4.78, 5) is 24.2. The quantitative estimate of drug-likeness (QED) is 0.802. The number of nitrogens with one attached hydrogen (secondary N) is 1. The van der Waals surface area contributed by atoms with Gasteiger partial charge in [-0.2, -0.15) is 0 Å². The largest absolute Gasteiger partial charge is 0.493 e. The predicted octanol–water partition coefficient (Wildman–Crippen LogP) is 2.36. The van der Waals surface area contributed by atoms with Crippen LogP contribution in [0.2, 0.25) is 0 Å². The minimum Gasteiger partial charge on any atom is -0.493 e. The molecule has 0 heterocycles. The molecule has 29 heavy (non-hydrogen) atoms. The van der Waals surface area contributed by atoms with Crippen molar-refractivity contribution < 1.29 is 24.1 Å². The third kappa shape index (κ3) is 3.78. The highest BCUT2D eigenvalue weighted by atomic mass is 16.5. The smallest absolute Gasteiger partial charge is 0.217 e. The highest BCUT2D eigenvalue weighted by Crippen LogP contribution is 2.50. The summed E-state index contributed by atoms with van der Waals surface area (Å²) in [6.45, 7) is 1.07. The normalized spacial score (nSPS) is 14.9. The maximum absolute atomic E-state index is 12.4. The topological polar surface area (TPSA) is 94.1 Å². The van der Waals surface area contributed by atoms with Gasteiger partial charge in [0.05, 0.1) is 34.0 Å². The lowest BCUT2D eigenvalue weighted by atomic mass is 9.95. The van der Waals surface area contributed by atoms with Crippen LogP contribution >= 0.6 is 0 Å². The molecule has 0 aromatic heterocycles. The molecule has 154 valence electrons. The van der Waals surface area contributed by atoms with Gasteiger partial charge in [-0.05, 0) is 53.8 Å². The zero-order chi connectivity index (χ0) is 21.1. The van der Waals surface area contributed by atoms with Crippen molar-refractivity contribution in [3.8, 4) is 28.4 Å². The van der Waals surface area contributed by atoms with E-state index in [2.05, 4.69) is 5.32 Å². The number of ether oxygens (including phenoxy) is 3. The van der Waals surface area contributed by atoms with Crippen LogP contribution in [0.3, 0.4) is 0 Å². The van der Waals surface area contributed by atoms with E-state index < -0.39 is 0 Å². The van der Waals surface area contributed by atoms with Gasteiger partial charge in [0, 0.05) is 18.1 Å². The maximum atomic E-state index is 12.4. The van der Waals surface area contributed by atoms with E-state index in [1.54, 1.807) is 26.4 Å². The van der Waals surface area contributed by atoms with Crippen LogP contribution in [-0.4, -0.2) is 32.3 Å². The van der Waals surface area contributed by atoms with Gasteiger partial charge in [0.2, 0.25) is 11.7 Å². The van der Waals surface area contributed by atoms with Crippen LogP contribution < -0.4 is 25.0 Å². The molecule has 0 unspecified atom stereocenters. The van der Waals surface area contributed by atoms with Crippen molar-refractivity contribution in [2.45, 2.75) is 32.4 Å². The third-order valence-corrected chi connectivity index (χ3v) is 5.17. The fourth-order valence-corrected chi connectivity index (χ4v) is 3.89. The Morgan fingerprint density at radius 3 is 2.45 bits per heavy atom. The van der Waals surface area contributed by atoms with E-state index in [1.807, 2.05) is 6.07 Å². The number of aliphatic hydroxyl groups excluding tert-OH is 1. The summed E-state index contributed by atoms with van der Waals surface area (Å²) < 4.78 is 16.7. The molecule has 0 aliphatic heterocycles. The number of hydrogen-bond donors (Lipinski definition) is 2. The van der Waals surface area contributed by atoms with Crippen molar-refractivity contribution in [2.75, 3.05) is 21.3 Å². The predicted molar refractivity (Wildman–Crippen MR) is 109 cm³/mol. The monoisotopic (exact) mass is 399 g/mol. The lowest BCUT2D eigenvalue weighted by Gasteiger charge is -2.20. The average Bonchev–Trinajstić information content (AvgIpc) is 2.95. The summed E-state index contributed by atoms with van der Waals surface area (Å²) in [5.41, 5.74) is 3.22. The SMILES string of the molecule is COc1cc2c(c(OC)c1OC)-c1ccc(=O)c(CO)cc1[C@@H](NC(C)=O)CC2. The molecular formula is C22H25NO6. The Hall–Kier alpha value is -3.06. The Balaban J connectivity index is 2.42. The zero-order valence-corrected chi connectivity index (χ0v) is 17.0. The standard InChI is InChI=1S/C22H25NO6/c1-12(25)23-17-7-5-13-10-19(27-2)21(28-3)22(29-4)20(13)15-6-8-18(26)14(11-24)9-16(15)17/h6,8-10,17,24H,5,7,11H2,1-4H3,(H,23,25)/t17-/m0/s1. The van der Waals surface area contributed by atoms with Crippen molar-refractivity contribution in [1.82, 2.24) is 5.32 Å².